The van der Waals surface area contributed by atoms with E-state index in [0.29, 0.717) is 0 Å². The van der Waals surface area contributed by atoms with Crippen LogP contribution >= 0.6 is 0 Å². The van der Waals surface area contributed by atoms with E-state index in [9.17, 15) is 0 Å². The van der Waals surface area contributed by atoms with E-state index in [1.807, 2.05) is 0 Å². The third-order valence-electron chi connectivity index (χ3n) is 14.9. The second-order valence-corrected chi connectivity index (χ2v) is 18.4. The number of benzene rings is 10. The highest BCUT2D eigenvalue weighted by Crippen LogP contribution is 2.63. The number of hydrogen-bond acceptors (Lipinski definition) is 2. The Morgan fingerprint density at radius 3 is 1.48 bits per heavy atom. The molecule has 3 aliphatic carbocycles. The molecule has 0 radical (unpaired) electrons. The Bertz CT molecular complexity index is 3710. The van der Waals surface area contributed by atoms with Crippen LogP contribution in [-0.2, 0) is 10.8 Å². The number of hydrogen-bond donors (Lipinski definition) is 0. The maximum Gasteiger partial charge on any atom is 0.145 e. The molecule has 0 bridgehead atoms. The topological polar surface area (TPSA) is 16.4 Å². The maximum atomic E-state index is 7.10. The molecule has 1 heterocycles. The molecule has 14 rings (SSSR count). The van der Waals surface area contributed by atoms with Crippen LogP contribution in [0, 0.1) is 0 Å². The summed E-state index contributed by atoms with van der Waals surface area (Å²) in [4.78, 5) is 2.51. The zero-order valence-electron chi connectivity index (χ0n) is 35.6. The van der Waals surface area contributed by atoms with E-state index in [2.05, 4.69) is 231 Å². The zero-order chi connectivity index (χ0) is 42.3. The van der Waals surface area contributed by atoms with Crippen molar-refractivity contribution in [2.45, 2.75) is 24.7 Å². The van der Waals surface area contributed by atoms with Crippen LogP contribution in [0.1, 0.15) is 47.2 Å². The highest BCUT2D eigenvalue weighted by atomic mass is 16.3. The van der Waals surface area contributed by atoms with Crippen molar-refractivity contribution in [1.82, 2.24) is 0 Å². The predicted molar refractivity (Wildman–Crippen MR) is 265 cm³/mol. The third-order valence-corrected chi connectivity index (χ3v) is 14.9. The third kappa shape index (κ3) is 4.59. The van der Waals surface area contributed by atoms with Crippen molar-refractivity contribution in [3.63, 3.8) is 0 Å². The first-order valence-electron chi connectivity index (χ1n) is 22.4. The van der Waals surface area contributed by atoms with Gasteiger partial charge in [-0.25, -0.2) is 0 Å². The molecule has 0 fully saturated rings. The molecule has 1 aromatic heterocycles. The van der Waals surface area contributed by atoms with Crippen LogP contribution in [0.5, 0.6) is 0 Å². The average Bonchev–Trinajstić information content (AvgIpc) is 4.02. The minimum Gasteiger partial charge on any atom is -0.455 e. The molecular formula is C62H41NO. The van der Waals surface area contributed by atoms with Crippen molar-refractivity contribution >= 4 is 49.8 Å². The number of rotatable bonds is 4. The van der Waals surface area contributed by atoms with Crippen molar-refractivity contribution in [3.8, 4) is 44.5 Å². The van der Waals surface area contributed by atoms with Crippen molar-refractivity contribution in [3.05, 3.63) is 246 Å². The van der Waals surface area contributed by atoms with Gasteiger partial charge in [0, 0.05) is 33.1 Å². The van der Waals surface area contributed by atoms with Crippen LogP contribution in [0.3, 0.4) is 0 Å². The van der Waals surface area contributed by atoms with E-state index in [1.165, 1.54) is 77.5 Å². The van der Waals surface area contributed by atoms with Crippen LogP contribution in [-0.4, -0.2) is 0 Å². The Morgan fingerprint density at radius 2 is 0.859 bits per heavy atom. The van der Waals surface area contributed by atoms with Crippen molar-refractivity contribution in [2.75, 3.05) is 4.90 Å². The summed E-state index contributed by atoms with van der Waals surface area (Å²) < 4.78 is 7.10. The maximum absolute atomic E-state index is 7.10. The van der Waals surface area contributed by atoms with Gasteiger partial charge in [0.2, 0.25) is 0 Å². The minimum absolute atomic E-state index is 0.179. The summed E-state index contributed by atoms with van der Waals surface area (Å²) in [7, 11) is 0. The number of anilines is 3. The minimum atomic E-state index is -0.477. The summed E-state index contributed by atoms with van der Waals surface area (Å²) >= 11 is 0. The molecule has 0 amide bonds. The van der Waals surface area contributed by atoms with Crippen molar-refractivity contribution in [1.29, 1.82) is 0 Å². The molecule has 2 heteroatoms. The van der Waals surface area contributed by atoms with E-state index < -0.39 is 5.41 Å². The first-order chi connectivity index (χ1) is 31.5. The number of fused-ring (bicyclic) bond motifs is 17. The SMILES string of the molecule is CC1(C)c2ccccc2-c2ccc(N(c3ccc4c(c3)C3(c5ccccc5-c5ccccc53)c3ccccc3-4)c3ccc4c(oc5cc6ccccc6cc54)c3-c3ccccc3)cc21. The summed E-state index contributed by atoms with van der Waals surface area (Å²) in [6.45, 7) is 4.74. The first kappa shape index (κ1) is 35.6. The van der Waals surface area contributed by atoms with Crippen LogP contribution in [0.4, 0.5) is 17.1 Å². The Kier molecular flexibility index (Phi) is 7.13. The fraction of sp³-hybridized carbons (Fsp3) is 0.0645. The zero-order valence-corrected chi connectivity index (χ0v) is 35.6. The molecular weight excluding hydrogens is 775 g/mol. The fourth-order valence-corrected chi connectivity index (χ4v) is 12.1. The Balaban J connectivity index is 1.08. The van der Waals surface area contributed by atoms with E-state index in [1.54, 1.807) is 0 Å². The second-order valence-electron chi connectivity index (χ2n) is 18.4. The summed E-state index contributed by atoms with van der Waals surface area (Å²) in [5.74, 6) is 0. The van der Waals surface area contributed by atoms with Crippen molar-refractivity contribution < 1.29 is 4.42 Å². The van der Waals surface area contributed by atoms with Gasteiger partial charge in [-0.2, -0.15) is 0 Å². The molecule has 300 valence electrons. The van der Waals surface area contributed by atoms with Gasteiger partial charge < -0.3 is 9.32 Å². The van der Waals surface area contributed by atoms with Gasteiger partial charge in [-0.3, -0.25) is 0 Å². The van der Waals surface area contributed by atoms with E-state index in [0.717, 1.165) is 50.1 Å². The lowest BCUT2D eigenvalue weighted by molar-refractivity contribution is 0.660. The fourth-order valence-electron chi connectivity index (χ4n) is 12.1. The quantitative estimate of drug-likeness (QED) is 0.176. The molecule has 0 saturated heterocycles. The van der Waals surface area contributed by atoms with Crippen LogP contribution < -0.4 is 4.90 Å². The van der Waals surface area contributed by atoms with Crippen molar-refractivity contribution in [2.24, 2.45) is 0 Å². The van der Waals surface area contributed by atoms with Crippen LogP contribution in [0.15, 0.2) is 217 Å². The van der Waals surface area contributed by atoms with Gasteiger partial charge in [-0.15, -0.1) is 0 Å². The summed E-state index contributed by atoms with van der Waals surface area (Å²) in [5.41, 5.74) is 22.4. The van der Waals surface area contributed by atoms with Gasteiger partial charge in [0.15, 0.2) is 0 Å². The van der Waals surface area contributed by atoms with Crippen LogP contribution in [0.2, 0.25) is 0 Å². The van der Waals surface area contributed by atoms with E-state index >= 15 is 0 Å². The molecule has 3 aliphatic rings. The normalized spacial score (nSPS) is 14.3. The summed E-state index contributed by atoms with van der Waals surface area (Å²) in [6.07, 6.45) is 0. The molecule has 0 atom stereocenters. The van der Waals surface area contributed by atoms with Gasteiger partial charge in [-0.05, 0) is 132 Å². The van der Waals surface area contributed by atoms with Gasteiger partial charge in [0.25, 0.3) is 0 Å². The standard InChI is InChI=1S/C62H41NO/c1-61(2)51-24-12-8-20-43(51)47-30-28-41(36-55(47)61)63(57-33-32-49-50-34-39-18-6-7-19-40(39)35-58(50)64-60(49)59(57)38-16-4-3-5-17-38)42-29-31-48-46-23-11-15-27-54(46)62(56(48)37-42)52-25-13-9-21-44(52)45-22-10-14-26-53(45)62/h3-37H,1-2H3. The second kappa shape index (κ2) is 12.8. The van der Waals surface area contributed by atoms with Gasteiger partial charge in [0.1, 0.15) is 11.2 Å². The average molecular weight is 816 g/mol. The first-order valence-corrected chi connectivity index (χ1v) is 22.4. The predicted octanol–water partition coefficient (Wildman–Crippen LogP) is 16.5. The molecule has 10 aromatic carbocycles. The molecule has 64 heavy (non-hydrogen) atoms. The molecule has 11 aromatic rings. The summed E-state index contributed by atoms with van der Waals surface area (Å²) in [6, 6.07) is 79.0. The number of furan rings is 1. The Morgan fingerprint density at radius 1 is 0.375 bits per heavy atom. The lowest BCUT2D eigenvalue weighted by atomic mass is 9.70. The smallest absolute Gasteiger partial charge is 0.145 e. The largest absolute Gasteiger partial charge is 0.455 e. The Labute approximate surface area is 372 Å². The molecule has 0 N–H and O–H groups in total. The molecule has 1 spiro atoms. The molecule has 0 aliphatic heterocycles. The number of nitrogens with zero attached hydrogens (tertiary/aromatic N) is 1. The molecule has 0 saturated carbocycles. The highest BCUT2D eigenvalue weighted by molar-refractivity contribution is 6.16. The van der Waals surface area contributed by atoms with E-state index in [-0.39, 0.29) is 5.41 Å². The van der Waals surface area contributed by atoms with Crippen LogP contribution in [0.25, 0.3) is 77.2 Å². The monoisotopic (exact) mass is 815 g/mol. The van der Waals surface area contributed by atoms with Gasteiger partial charge in [0.05, 0.1) is 11.1 Å². The molecule has 2 nitrogen and oxygen atoms in total. The lowest BCUT2D eigenvalue weighted by Crippen LogP contribution is -2.26. The summed E-state index contributed by atoms with van der Waals surface area (Å²) in [5, 5.41) is 4.60. The lowest BCUT2D eigenvalue weighted by Gasteiger charge is -2.33. The Hall–Kier alpha value is -7.94. The van der Waals surface area contributed by atoms with Gasteiger partial charge >= 0.3 is 0 Å². The van der Waals surface area contributed by atoms with E-state index in [4.69, 9.17) is 4.42 Å². The van der Waals surface area contributed by atoms with Gasteiger partial charge in [-0.1, -0.05) is 178 Å². The highest BCUT2D eigenvalue weighted by Gasteiger charge is 2.51. The molecule has 0 unspecified atom stereocenters.